The lowest BCUT2D eigenvalue weighted by Gasteiger charge is -2.13. The monoisotopic (exact) mass is 431 g/mol. The molecule has 3 aromatic carbocycles. The maximum atomic E-state index is 11.0. The number of carbonyl (C=O) groups is 1. The van der Waals surface area contributed by atoms with Crippen LogP contribution >= 0.6 is 23.2 Å². The lowest BCUT2D eigenvalue weighted by Crippen LogP contribution is -2.03. The van der Waals surface area contributed by atoms with Crippen LogP contribution in [0, 0.1) is 0 Å². The largest absolute Gasteiger partial charge is 0.493 e. The summed E-state index contributed by atoms with van der Waals surface area (Å²) < 4.78 is 11.3. The van der Waals surface area contributed by atoms with Crippen LogP contribution in [0.15, 0.2) is 60.7 Å². The smallest absolute Gasteiger partial charge is 0.337 e. The number of carboxylic acids is 1. The summed E-state index contributed by atoms with van der Waals surface area (Å²) in [5, 5.41) is 13.1. The van der Waals surface area contributed by atoms with Crippen molar-refractivity contribution in [3.63, 3.8) is 0 Å². The summed E-state index contributed by atoms with van der Waals surface area (Å²) in [7, 11) is 1.59. The normalized spacial score (nSPS) is 10.4. The summed E-state index contributed by atoms with van der Waals surface area (Å²) in [6.45, 7) is 0.913. The third-order valence-electron chi connectivity index (χ3n) is 4.23. The highest BCUT2D eigenvalue weighted by Gasteiger charge is 2.10. The van der Waals surface area contributed by atoms with E-state index < -0.39 is 5.97 Å². The highest BCUT2D eigenvalue weighted by atomic mass is 35.5. The lowest BCUT2D eigenvalue weighted by molar-refractivity contribution is 0.0697. The summed E-state index contributed by atoms with van der Waals surface area (Å²) in [5.74, 6) is 0.207. The molecule has 0 heterocycles. The zero-order valence-electron chi connectivity index (χ0n) is 15.6. The van der Waals surface area contributed by atoms with E-state index in [0.717, 1.165) is 16.8 Å². The summed E-state index contributed by atoms with van der Waals surface area (Å²) in [4.78, 5) is 11.0. The molecule has 5 nitrogen and oxygen atoms in total. The average Bonchev–Trinajstić information content (AvgIpc) is 2.72. The number of ether oxygens (including phenoxy) is 2. The maximum Gasteiger partial charge on any atom is 0.337 e. The maximum absolute atomic E-state index is 11.0. The number of benzene rings is 3. The van der Waals surface area contributed by atoms with Crippen molar-refractivity contribution in [3.05, 3.63) is 87.4 Å². The van der Waals surface area contributed by atoms with Crippen LogP contribution in [0.3, 0.4) is 0 Å². The highest BCUT2D eigenvalue weighted by molar-refractivity contribution is 6.33. The topological polar surface area (TPSA) is 67.8 Å². The Morgan fingerprint density at radius 2 is 1.69 bits per heavy atom. The molecule has 0 fully saturated rings. The molecule has 0 aliphatic heterocycles. The van der Waals surface area contributed by atoms with Crippen molar-refractivity contribution in [2.45, 2.75) is 13.2 Å². The van der Waals surface area contributed by atoms with Gasteiger partial charge in [-0.2, -0.15) is 0 Å². The molecule has 2 N–H and O–H groups in total. The molecule has 0 aromatic heterocycles. The van der Waals surface area contributed by atoms with Crippen molar-refractivity contribution in [1.82, 2.24) is 0 Å². The number of anilines is 1. The number of hydrogen-bond donors (Lipinski definition) is 2. The van der Waals surface area contributed by atoms with Gasteiger partial charge in [0.05, 0.1) is 17.7 Å². The van der Waals surface area contributed by atoms with Gasteiger partial charge in [-0.05, 0) is 53.6 Å². The molecule has 0 saturated carbocycles. The molecule has 0 amide bonds. The minimum absolute atomic E-state index is 0.0704. The fourth-order valence-electron chi connectivity index (χ4n) is 2.69. The Labute approximate surface area is 178 Å². The van der Waals surface area contributed by atoms with E-state index in [1.54, 1.807) is 19.2 Å². The standard InChI is InChI=1S/C22H19Cl2NO4/c1-28-21-10-15(12-25-17-7-8-18(22(26)27)19(24)11-17)4-9-20(21)29-13-14-2-5-16(23)6-3-14/h2-11,25H,12-13H2,1H3,(H,26,27). The quantitative estimate of drug-likeness (QED) is 0.465. The van der Waals surface area contributed by atoms with Gasteiger partial charge in [0, 0.05) is 17.3 Å². The number of carboxylic acid groups (broad SMARTS) is 1. The minimum atomic E-state index is -1.06. The Bertz CT molecular complexity index is 1010. The second kappa shape index (κ2) is 9.54. The Balaban J connectivity index is 1.64. The summed E-state index contributed by atoms with van der Waals surface area (Å²) >= 11 is 11.9. The van der Waals surface area contributed by atoms with Crippen molar-refractivity contribution >= 4 is 34.9 Å². The fraction of sp³-hybridized carbons (Fsp3) is 0.136. The molecule has 29 heavy (non-hydrogen) atoms. The molecule has 0 aliphatic carbocycles. The Morgan fingerprint density at radius 1 is 0.966 bits per heavy atom. The molecule has 0 unspecified atom stereocenters. The van der Waals surface area contributed by atoms with Gasteiger partial charge < -0.3 is 19.9 Å². The van der Waals surface area contributed by atoms with Crippen LogP contribution in [-0.2, 0) is 13.2 Å². The van der Waals surface area contributed by atoms with E-state index in [1.807, 2.05) is 42.5 Å². The van der Waals surface area contributed by atoms with E-state index in [4.69, 9.17) is 37.8 Å². The van der Waals surface area contributed by atoms with Gasteiger partial charge >= 0.3 is 5.97 Å². The molecular formula is C22H19Cl2NO4. The molecule has 0 atom stereocenters. The molecule has 0 spiro atoms. The van der Waals surface area contributed by atoms with E-state index in [2.05, 4.69) is 5.32 Å². The van der Waals surface area contributed by atoms with Crippen LogP contribution in [0.25, 0.3) is 0 Å². The predicted octanol–water partition coefficient (Wildman–Crippen LogP) is 5.89. The molecule has 3 rings (SSSR count). The van der Waals surface area contributed by atoms with Crippen LogP contribution in [0.2, 0.25) is 10.0 Å². The molecule has 7 heteroatoms. The molecule has 0 saturated heterocycles. The molecule has 150 valence electrons. The van der Waals surface area contributed by atoms with Gasteiger partial charge in [0.25, 0.3) is 0 Å². The number of aromatic carboxylic acids is 1. The number of halogens is 2. The van der Waals surface area contributed by atoms with Crippen molar-refractivity contribution in [1.29, 1.82) is 0 Å². The van der Waals surface area contributed by atoms with Gasteiger partial charge in [0.2, 0.25) is 0 Å². The van der Waals surface area contributed by atoms with Gasteiger partial charge in [0.15, 0.2) is 11.5 Å². The third-order valence-corrected chi connectivity index (χ3v) is 4.80. The SMILES string of the molecule is COc1cc(CNc2ccc(C(=O)O)c(Cl)c2)ccc1OCc1ccc(Cl)cc1. The fourth-order valence-corrected chi connectivity index (χ4v) is 3.07. The van der Waals surface area contributed by atoms with Crippen LogP contribution in [0.1, 0.15) is 21.5 Å². The van der Waals surface area contributed by atoms with E-state index in [1.165, 1.54) is 6.07 Å². The Morgan fingerprint density at radius 3 is 2.34 bits per heavy atom. The summed E-state index contributed by atoms with van der Waals surface area (Å²) in [5.41, 5.74) is 2.77. The molecule has 3 aromatic rings. The van der Waals surface area contributed by atoms with Crippen LogP contribution in [0.4, 0.5) is 5.69 Å². The van der Waals surface area contributed by atoms with Gasteiger partial charge in [0.1, 0.15) is 6.61 Å². The molecule has 0 radical (unpaired) electrons. The van der Waals surface area contributed by atoms with E-state index in [0.29, 0.717) is 29.7 Å². The van der Waals surface area contributed by atoms with Crippen molar-refractivity contribution < 1.29 is 19.4 Å². The second-order valence-corrected chi connectivity index (χ2v) is 7.10. The Kier molecular flexibility index (Phi) is 6.86. The molecule has 0 aliphatic rings. The first-order valence-electron chi connectivity index (χ1n) is 8.77. The first-order chi connectivity index (χ1) is 14.0. The van der Waals surface area contributed by atoms with E-state index >= 15 is 0 Å². The van der Waals surface area contributed by atoms with E-state index in [9.17, 15) is 4.79 Å². The number of hydrogen-bond acceptors (Lipinski definition) is 4. The van der Waals surface area contributed by atoms with Crippen molar-refractivity contribution in [3.8, 4) is 11.5 Å². The average molecular weight is 432 g/mol. The van der Waals surface area contributed by atoms with Crippen molar-refractivity contribution in [2.24, 2.45) is 0 Å². The van der Waals surface area contributed by atoms with Gasteiger partial charge in [-0.25, -0.2) is 4.79 Å². The van der Waals surface area contributed by atoms with E-state index in [-0.39, 0.29) is 10.6 Å². The molecule has 0 bridgehead atoms. The number of rotatable bonds is 8. The molecular weight excluding hydrogens is 413 g/mol. The van der Waals surface area contributed by atoms with Crippen molar-refractivity contribution in [2.75, 3.05) is 12.4 Å². The number of nitrogens with one attached hydrogen (secondary N) is 1. The first kappa shape index (κ1) is 20.8. The third kappa shape index (κ3) is 5.56. The zero-order chi connectivity index (χ0) is 20.8. The van der Waals surface area contributed by atoms with Crippen LogP contribution in [0.5, 0.6) is 11.5 Å². The highest BCUT2D eigenvalue weighted by Crippen LogP contribution is 2.29. The Hall–Kier alpha value is -2.89. The van der Waals surface area contributed by atoms with Crippen LogP contribution in [-0.4, -0.2) is 18.2 Å². The van der Waals surface area contributed by atoms with Gasteiger partial charge in [-0.3, -0.25) is 0 Å². The first-order valence-corrected chi connectivity index (χ1v) is 9.52. The lowest BCUT2D eigenvalue weighted by atomic mass is 10.1. The second-order valence-electron chi connectivity index (χ2n) is 6.25. The van der Waals surface area contributed by atoms with Gasteiger partial charge in [-0.1, -0.05) is 41.4 Å². The van der Waals surface area contributed by atoms with Gasteiger partial charge in [-0.15, -0.1) is 0 Å². The van der Waals surface area contributed by atoms with Crippen LogP contribution < -0.4 is 14.8 Å². The zero-order valence-corrected chi connectivity index (χ0v) is 17.1. The summed E-state index contributed by atoms with van der Waals surface area (Å²) in [6, 6.07) is 17.9. The summed E-state index contributed by atoms with van der Waals surface area (Å²) in [6.07, 6.45) is 0. The minimum Gasteiger partial charge on any atom is -0.493 e. The predicted molar refractivity (Wildman–Crippen MR) is 115 cm³/mol. The number of methoxy groups -OCH3 is 1.